The lowest BCUT2D eigenvalue weighted by atomic mass is 10.1. The number of fused-ring (bicyclic) bond motifs is 1. The van der Waals surface area contributed by atoms with Gasteiger partial charge in [0.25, 0.3) is 5.91 Å². The number of nitrogens with zero attached hydrogens (tertiary/aromatic N) is 2. The van der Waals surface area contributed by atoms with Crippen molar-refractivity contribution in [1.82, 2.24) is 10.3 Å². The fourth-order valence-electron chi connectivity index (χ4n) is 1.91. The van der Waals surface area contributed by atoms with Crippen LogP contribution in [0.25, 0.3) is 0 Å². The number of hydrogen-bond donors (Lipinski definition) is 1. The second-order valence-corrected chi connectivity index (χ2v) is 4.15. The summed E-state index contributed by atoms with van der Waals surface area (Å²) in [6, 6.07) is 11.2. The Bertz CT molecular complexity index is 662. The molecule has 0 fully saturated rings. The first-order valence-electron chi connectivity index (χ1n) is 5.66. The van der Waals surface area contributed by atoms with Gasteiger partial charge in [-0.2, -0.15) is 0 Å². The van der Waals surface area contributed by atoms with Gasteiger partial charge in [0, 0.05) is 11.8 Å². The third-order valence-corrected chi connectivity index (χ3v) is 2.79. The van der Waals surface area contributed by atoms with Crippen molar-refractivity contribution in [2.24, 2.45) is 4.99 Å². The van der Waals surface area contributed by atoms with Crippen molar-refractivity contribution in [3.05, 3.63) is 59.3 Å². The van der Waals surface area contributed by atoms with E-state index in [4.69, 9.17) is 0 Å². The van der Waals surface area contributed by atoms with E-state index in [9.17, 15) is 4.79 Å². The molecule has 0 bridgehead atoms. The summed E-state index contributed by atoms with van der Waals surface area (Å²) in [5.41, 5.74) is 2.57. The summed E-state index contributed by atoms with van der Waals surface area (Å²) in [4.78, 5) is 20.3. The molecule has 1 aliphatic heterocycles. The number of amidine groups is 1. The van der Waals surface area contributed by atoms with Crippen LogP contribution in [0.1, 0.15) is 21.5 Å². The summed E-state index contributed by atoms with van der Waals surface area (Å²) in [6.45, 7) is 1.98. The van der Waals surface area contributed by atoms with E-state index in [0.717, 1.165) is 11.1 Å². The topological polar surface area (TPSA) is 54.4 Å². The molecule has 0 saturated carbocycles. The Morgan fingerprint density at radius 3 is 2.72 bits per heavy atom. The number of aromatic nitrogens is 1. The Labute approximate surface area is 104 Å². The summed E-state index contributed by atoms with van der Waals surface area (Å²) in [6.07, 6.45) is 1.71. The van der Waals surface area contributed by atoms with E-state index in [0.29, 0.717) is 17.2 Å². The number of hydrogen-bond acceptors (Lipinski definition) is 3. The fourth-order valence-corrected chi connectivity index (χ4v) is 1.91. The maximum atomic E-state index is 11.7. The minimum absolute atomic E-state index is 0.114. The lowest BCUT2D eigenvalue weighted by Crippen LogP contribution is -2.21. The highest BCUT2D eigenvalue weighted by atomic mass is 16.2. The van der Waals surface area contributed by atoms with E-state index in [2.05, 4.69) is 15.3 Å². The van der Waals surface area contributed by atoms with Gasteiger partial charge in [0.15, 0.2) is 5.82 Å². The molecular weight excluding hydrogens is 226 g/mol. The van der Waals surface area contributed by atoms with E-state index >= 15 is 0 Å². The maximum absolute atomic E-state index is 11.7. The zero-order valence-electron chi connectivity index (χ0n) is 9.84. The van der Waals surface area contributed by atoms with Gasteiger partial charge in [-0.25, -0.2) is 9.98 Å². The van der Waals surface area contributed by atoms with Crippen LogP contribution in [0.3, 0.4) is 0 Å². The van der Waals surface area contributed by atoms with Gasteiger partial charge in [0.1, 0.15) is 5.84 Å². The first-order chi connectivity index (χ1) is 8.74. The summed E-state index contributed by atoms with van der Waals surface area (Å²) in [7, 11) is 0. The molecule has 1 aromatic carbocycles. The van der Waals surface area contributed by atoms with Crippen LogP contribution in [0.15, 0.2) is 47.6 Å². The normalized spacial score (nSPS) is 15.6. The van der Waals surface area contributed by atoms with Crippen molar-refractivity contribution >= 4 is 17.6 Å². The number of rotatable bonds is 1. The van der Waals surface area contributed by atoms with Crippen LogP contribution in [0, 0.1) is 6.92 Å². The third-order valence-electron chi connectivity index (χ3n) is 2.79. The largest absolute Gasteiger partial charge is 0.306 e. The Morgan fingerprint density at radius 2 is 1.94 bits per heavy atom. The molecule has 0 spiro atoms. The van der Waals surface area contributed by atoms with Gasteiger partial charge in [-0.1, -0.05) is 18.2 Å². The van der Waals surface area contributed by atoms with E-state index in [1.165, 1.54) is 0 Å². The van der Waals surface area contributed by atoms with Crippen molar-refractivity contribution in [3.63, 3.8) is 0 Å². The molecule has 0 atom stereocenters. The highest BCUT2D eigenvalue weighted by Crippen LogP contribution is 2.18. The van der Waals surface area contributed by atoms with E-state index < -0.39 is 0 Å². The zero-order valence-corrected chi connectivity index (χ0v) is 9.84. The number of pyridine rings is 1. The van der Waals surface area contributed by atoms with Crippen molar-refractivity contribution in [1.29, 1.82) is 0 Å². The highest BCUT2D eigenvalue weighted by molar-refractivity contribution is 6.23. The second-order valence-electron chi connectivity index (χ2n) is 4.15. The Hall–Kier alpha value is -2.49. The summed E-state index contributed by atoms with van der Waals surface area (Å²) < 4.78 is 0. The van der Waals surface area contributed by atoms with Gasteiger partial charge >= 0.3 is 0 Å². The SMILES string of the molecule is Cc1ccnc(N=C2NC(=O)c3ccccc32)c1. The smallest absolute Gasteiger partial charge is 0.257 e. The van der Waals surface area contributed by atoms with E-state index in [-0.39, 0.29) is 5.91 Å². The average molecular weight is 237 g/mol. The van der Waals surface area contributed by atoms with Gasteiger partial charge in [-0.3, -0.25) is 4.79 Å². The zero-order chi connectivity index (χ0) is 12.5. The number of nitrogens with one attached hydrogen (secondary N) is 1. The first-order valence-corrected chi connectivity index (χ1v) is 5.66. The maximum Gasteiger partial charge on any atom is 0.257 e. The highest BCUT2D eigenvalue weighted by Gasteiger charge is 2.24. The summed E-state index contributed by atoms with van der Waals surface area (Å²) >= 11 is 0. The van der Waals surface area contributed by atoms with Crippen LogP contribution in [0.2, 0.25) is 0 Å². The van der Waals surface area contributed by atoms with Crippen LogP contribution >= 0.6 is 0 Å². The number of carbonyl (C=O) groups is 1. The van der Waals surface area contributed by atoms with Gasteiger partial charge in [-0.05, 0) is 30.7 Å². The molecular formula is C14H11N3O. The second kappa shape index (κ2) is 4.07. The molecule has 0 unspecified atom stereocenters. The van der Waals surface area contributed by atoms with Gasteiger partial charge in [0.05, 0.1) is 5.56 Å². The first kappa shape index (κ1) is 10.7. The van der Waals surface area contributed by atoms with E-state index in [1.807, 2.05) is 37.3 Å². The van der Waals surface area contributed by atoms with Crippen molar-refractivity contribution in [3.8, 4) is 0 Å². The molecule has 0 aliphatic carbocycles. The summed E-state index contributed by atoms with van der Waals surface area (Å²) in [5, 5.41) is 2.76. The molecule has 0 radical (unpaired) electrons. The number of aryl methyl sites for hydroxylation is 1. The molecule has 3 rings (SSSR count). The molecule has 1 N–H and O–H groups in total. The average Bonchev–Trinajstić information content (AvgIpc) is 2.67. The van der Waals surface area contributed by atoms with Gasteiger partial charge < -0.3 is 5.32 Å². The number of benzene rings is 1. The Morgan fingerprint density at radius 1 is 1.17 bits per heavy atom. The van der Waals surface area contributed by atoms with Gasteiger partial charge in [-0.15, -0.1) is 0 Å². The predicted molar refractivity (Wildman–Crippen MR) is 69.1 cm³/mol. The van der Waals surface area contributed by atoms with Crippen LogP contribution in [-0.2, 0) is 0 Å². The minimum atomic E-state index is -0.114. The van der Waals surface area contributed by atoms with Gasteiger partial charge in [0.2, 0.25) is 0 Å². The Kier molecular flexibility index (Phi) is 2.41. The monoisotopic (exact) mass is 237 g/mol. The Balaban J connectivity index is 2.07. The molecule has 1 aromatic heterocycles. The van der Waals surface area contributed by atoms with Crippen molar-refractivity contribution < 1.29 is 4.79 Å². The molecule has 2 aromatic rings. The predicted octanol–water partition coefficient (Wildman–Crippen LogP) is 2.21. The quantitative estimate of drug-likeness (QED) is 0.826. The molecule has 4 heteroatoms. The fraction of sp³-hybridized carbons (Fsp3) is 0.0714. The number of aliphatic imine (C=N–C) groups is 1. The van der Waals surface area contributed by atoms with E-state index in [1.54, 1.807) is 12.3 Å². The van der Waals surface area contributed by atoms with Crippen LogP contribution in [0.4, 0.5) is 5.82 Å². The lowest BCUT2D eigenvalue weighted by molar-refractivity contribution is 0.0983. The molecule has 2 heterocycles. The number of carbonyl (C=O) groups excluding carboxylic acids is 1. The van der Waals surface area contributed by atoms with Crippen molar-refractivity contribution in [2.45, 2.75) is 6.92 Å². The molecule has 4 nitrogen and oxygen atoms in total. The van der Waals surface area contributed by atoms with Crippen LogP contribution in [0.5, 0.6) is 0 Å². The summed E-state index contributed by atoms with van der Waals surface area (Å²) in [5.74, 6) is 1.05. The van der Waals surface area contributed by atoms with Crippen LogP contribution < -0.4 is 5.32 Å². The third kappa shape index (κ3) is 1.78. The minimum Gasteiger partial charge on any atom is -0.306 e. The molecule has 1 aliphatic rings. The standard InChI is InChI=1S/C14H11N3O/c1-9-6-7-15-12(8-9)16-13-10-4-2-3-5-11(10)14(18)17-13/h2-8H,1H3,(H,15,16,17,18). The molecule has 18 heavy (non-hydrogen) atoms. The van der Waals surface area contributed by atoms with Crippen LogP contribution in [-0.4, -0.2) is 16.7 Å². The molecule has 0 saturated heterocycles. The number of amides is 1. The molecule has 1 amide bonds. The molecule has 88 valence electrons. The van der Waals surface area contributed by atoms with Crippen molar-refractivity contribution in [2.75, 3.05) is 0 Å². The lowest BCUT2D eigenvalue weighted by Gasteiger charge is -1.99.